The average Bonchev–Trinajstić information content (AvgIpc) is 3.26. The molecule has 0 radical (unpaired) electrons. The summed E-state index contributed by atoms with van der Waals surface area (Å²) in [7, 11) is -3.81. The van der Waals surface area contributed by atoms with Crippen molar-refractivity contribution < 1.29 is 17.2 Å². The highest BCUT2D eigenvalue weighted by Gasteiger charge is 2.30. The van der Waals surface area contributed by atoms with E-state index in [-0.39, 0.29) is 29.0 Å². The second-order valence-electron chi connectivity index (χ2n) is 8.36. The Morgan fingerprint density at radius 2 is 2.06 bits per heavy atom. The molecule has 1 aliphatic heterocycles. The van der Waals surface area contributed by atoms with E-state index in [9.17, 15) is 17.2 Å². The maximum atomic E-state index is 14.3. The van der Waals surface area contributed by atoms with Crippen LogP contribution < -0.4 is 5.32 Å². The lowest BCUT2D eigenvalue weighted by molar-refractivity contribution is 0.275. The number of nitrogens with one attached hydrogen (secondary N) is 2. The number of pyridine rings is 1. The first-order valence-electron chi connectivity index (χ1n) is 11.0. The minimum Gasteiger partial charge on any atom is -0.370 e. The molecule has 5 rings (SSSR count). The van der Waals surface area contributed by atoms with Gasteiger partial charge in [0, 0.05) is 49.0 Å². The van der Waals surface area contributed by atoms with Gasteiger partial charge in [-0.25, -0.2) is 22.8 Å². The van der Waals surface area contributed by atoms with Crippen molar-refractivity contribution in [1.82, 2.24) is 24.2 Å². The Kier molecular flexibility index (Phi) is 6.39. The molecule has 0 bridgehead atoms. The first-order chi connectivity index (χ1) is 16.8. The summed E-state index contributed by atoms with van der Waals surface area (Å²) in [5, 5.41) is 4.21. The van der Waals surface area contributed by atoms with E-state index in [4.69, 9.17) is 11.6 Å². The van der Waals surface area contributed by atoms with Crippen molar-refractivity contribution in [2.45, 2.75) is 17.7 Å². The zero-order valence-corrected chi connectivity index (χ0v) is 20.0. The van der Waals surface area contributed by atoms with Crippen molar-refractivity contribution in [1.29, 1.82) is 0 Å². The van der Waals surface area contributed by atoms with Gasteiger partial charge < -0.3 is 10.3 Å². The molecule has 0 aliphatic carbocycles. The van der Waals surface area contributed by atoms with E-state index in [1.54, 1.807) is 12.3 Å². The lowest BCUT2D eigenvalue weighted by atomic mass is 10.00. The molecule has 4 aromatic rings. The summed E-state index contributed by atoms with van der Waals surface area (Å²) in [5.74, 6) is -0.898. The van der Waals surface area contributed by atoms with Gasteiger partial charge in [0.05, 0.1) is 9.92 Å². The summed E-state index contributed by atoms with van der Waals surface area (Å²) < 4.78 is 55.2. The van der Waals surface area contributed by atoms with Crippen LogP contribution in [0.15, 0.2) is 53.7 Å². The second kappa shape index (κ2) is 9.48. The number of halogens is 3. The van der Waals surface area contributed by atoms with Crippen LogP contribution in [0.2, 0.25) is 5.02 Å². The topological polar surface area (TPSA) is 104 Å². The fourth-order valence-electron chi connectivity index (χ4n) is 4.23. The summed E-state index contributed by atoms with van der Waals surface area (Å²) in [6, 6.07) is 7.89. The summed E-state index contributed by atoms with van der Waals surface area (Å²) in [5.41, 5.74) is 1.14. The Morgan fingerprint density at radius 3 is 2.89 bits per heavy atom. The predicted octanol–water partition coefficient (Wildman–Crippen LogP) is 4.46. The molecule has 2 N–H and O–H groups in total. The van der Waals surface area contributed by atoms with E-state index in [2.05, 4.69) is 25.3 Å². The van der Waals surface area contributed by atoms with Gasteiger partial charge in [0.15, 0.2) is 5.82 Å². The quantitative estimate of drug-likeness (QED) is 0.365. The van der Waals surface area contributed by atoms with Gasteiger partial charge in [-0.05, 0) is 43.0 Å². The van der Waals surface area contributed by atoms with Crippen LogP contribution >= 0.6 is 11.6 Å². The fourth-order valence-corrected chi connectivity index (χ4v) is 5.97. The summed E-state index contributed by atoms with van der Waals surface area (Å²) in [6.07, 6.45) is 4.59. The molecular formula is C23H21ClF2N6O2S. The van der Waals surface area contributed by atoms with Crippen LogP contribution in [-0.2, 0) is 10.0 Å². The van der Waals surface area contributed by atoms with E-state index >= 15 is 0 Å². The Balaban J connectivity index is 1.31. The number of benzene rings is 1. The predicted molar refractivity (Wildman–Crippen MR) is 128 cm³/mol. The van der Waals surface area contributed by atoms with Crippen molar-refractivity contribution in [3.63, 3.8) is 0 Å². The molecule has 1 aromatic carbocycles. The Hall–Kier alpha value is -3.15. The normalized spacial score (nSPS) is 17.1. The SMILES string of the molecule is O=S(=O)(c1cccc(F)c1)N1CCC[C@H](CNc2cc(F)nc(-c3c[nH]c4ncc(Cl)cc34)n2)C1. The Labute approximate surface area is 205 Å². The van der Waals surface area contributed by atoms with Gasteiger partial charge in [0.1, 0.15) is 17.3 Å². The molecular weight excluding hydrogens is 498 g/mol. The van der Waals surface area contributed by atoms with Gasteiger partial charge in [-0.3, -0.25) is 0 Å². The Bertz CT molecular complexity index is 1500. The minimum atomic E-state index is -3.81. The van der Waals surface area contributed by atoms with Crippen LogP contribution in [-0.4, -0.2) is 52.3 Å². The second-order valence-corrected chi connectivity index (χ2v) is 10.7. The first kappa shape index (κ1) is 23.6. The maximum absolute atomic E-state index is 14.3. The van der Waals surface area contributed by atoms with E-state index < -0.39 is 21.8 Å². The lowest BCUT2D eigenvalue weighted by Gasteiger charge is -2.32. The van der Waals surface area contributed by atoms with Crippen molar-refractivity contribution >= 4 is 38.5 Å². The number of rotatable bonds is 6. The number of hydrogen-bond donors (Lipinski definition) is 2. The largest absolute Gasteiger partial charge is 0.370 e. The summed E-state index contributed by atoms with van der Waals surface area (Å²) >= 11 is 6.05. The third kappa shape index (κ3) is 4.97. The van der Waals surface area contributed by atoms with Crippen LogP contribution in [0.1, 0.15) is 12.8 Å². The maximum Gasteiger partial charge on any atom is 0.243 e. The molecule has 1 saturated heterocycles. The molecule has 12 heteroatoms. The molecule has 1 atom stereocenters. The highest BCUT2D eigenvalue weighted by Crippen LogP contribution is 2.29. The fraction of sp³-hybridized carbons (Fsp3) is 0.261. The van der Waals surface area contributed by atoms with Crippen LogP contribution in [0.4, 0.5) is 14.6 Å². The van der Waals surface area contributed by atoms with Crippen LogP contribution in [0.5, 0.6) is 0 Å². The number of sulfonamides is 1. The summed E-state index contributed by atoms with van der Waals surface area (Å²) in [6.45, 7) is 1.00. The number of hydrogen-bond acceptors (Lipinski definition) is 6. The third-order valence-electron chi connectivity index (χ3n) is 5.92. The monoisotopic (exact) mass is 518 g/mol. The standard InChI is InChI=1S/C23H21ClF2N6O2S/c24-15-7-18-19(12-29-22(18)28-11-15)23-30-20(26)9-21(31-23)27-10-14-3-2-6-32(13-14)35(33,34)17-5-1-4-16(25)8-17/h1,4-5,7-9,11-12,14H,2-3,6,10,13H2,(H,28,29)(H,27,30,31)/t14-/m1/s1. The van der Waals surface area contributed by atoms with Crippen LogP contribution in [0.3, 0.4) is 0 Å². The molecule has 35 heavy (non-hydrogen) atoms. The van der Waals surface area contributed by atoms with E-state index in [1.165, 1.54) is 34.8 Å². The number of anilines is 1. The van der Waals surface area contributed by atoms with E-state index in [1.807, 2.05) is 0 Å². The zero-order chi connectivity index (χ0) is 24.6. The number of nitrogens with zero attached hydrogens (tertiary/aromatic N) is 4. The van der Waals surface area contributed by atoms with Crippen molar-refractivity contribution in [2.24, 2.45) is 5.92 Å². The lowest BCUT2D eigenvalue weighted by Crippen LogP contribution is -2.41. The molecule has 0 unspecified atom stereocenters. The van der Waals surface area contributed by atoms with E-state index in [0.717, 1.165) is 12.5 Å². The van der Waals surface area contributed by atoms with Crippen LogP contribution in [0.25, 0.3) is 22.4 Å². The first-order valence-corrected chi connectivity index (χ1v) is 12.8. The molecule has 182 valence electrons. The van der Waals surface area contributed by atoms with Crippen LogP contribution in [0, 0.1) is 17.7 Å². The molecule has 1 fully saturated rings. The smallest absolute Gasteiger partial charge is 0.243 e. The number of aromatic nitrogens is 4. The molecule has 4 heterocycles. The molecule has 0 spiro atoms. The highest BCUT2D eigenvalue weighted by molar-refractivity contribution is 7.89. The number of fused-ring (bicyclic) bond motifs is 1. The van der Waals surface area contributed by atoms with Gasteiger partial charge in [0.2, 0.25) is 16.0 Å². The zero-order valence-electron chi connectivity index (χ0n) is 18.4. The van der Waals surface area contributed by atoms with Gasteiger partial charge in [-0.2, -0.15) is 13.7 Å². The van der Waals surface area contributed by atoms with Crippen molar-refractivity contribution in [2.75, 3.05) is 25.0 Å². The highest BCUT2D eigenvalue weighted by atomic mass is 35.5. The van der Waals surface area contributed by atoms with Crippen molar-refractivity contribution in [3.05, 3.63) is 65.6 Å². The van der Waals surface area contributed by atoms with Gasteiger partial charge in [0.25, 0.3) is 0 Å². The molecule has 0 amide bonds. The Morgan fingerprint density at radius 1 is 1.20 bits per heavy atom. The number of H-pyrrole nitrogens is 1. The number of piperidine rings is 1. The van der Waals surface area contributed by atoms with Crippen molar-refractivity contribution in [3.8, 4) is 11.4 Å². The third-order valence-corrected chi connectivity index (χ3v) is 7.99. The number of aromatic amines is 1. The van der Waals surface area contributed by atoms with Gasteiger partial charge in [-0.15, -0.1) is 0 Å². The van der Waals surface area contributed by atoms with E-state index in [0.29, 0.717) is 41.1 Å². The van der Waals surface area contributed by atoms with Gasteiger partial charge >= 0.3 is 0 Å². The van der Waals surface area contributed by atoms with Gasteiger partial charge in [-0.1, -0.05) is 17.7 Å². The average molecular weight is 519 g/mol. The minimum absolute atomic E-state index is 0.0374. The molecule has 1 aliphatic rings. The molecule has 3 aromatic heterocycles. The summed E-state index contributed by atoms with van der Waals surface area (Å²) in [4.78, 5) is 15.5. The molecule has 8 nitrogen and oxygen atoms in total. The molecule has 0 saturated carbocycles.